The van der Waals surface area contributed by atoms with Gasteiger partial charge in [-0.2, -0.15) is 0 Å². The summed E-state index contributed by atoms with van der Waals surface area (Å²) >= 11 is 0. The van der Waals surface area contributed by atoms with E-state index in [1.165, 1.54) is 0 Å². The van der Waals surface area contributed by atoms with Crippen molar-refractivity contribution in [2.75, 3.05) is 0 Å². The highest BCUT2D eigenvalue weighted by Crippen LogP contribution is 2.37. The van der Waals surface area contributed by atoms with Crippen LogP contribution in [0.15, 0.2) is 30.6 Å². The zero-order valence-corrected chi connectivity index (χ0v) is 15.0. The van der Waals surface area contributed by atoms with Gasteiger partial charge in [0.15, 0.2) is 0 Å². The van der Waals surface area contributed by atoms with Crippen molar-refractivity contribution in [3.8, 4) is 5.75 Å². The van der Waals surface area contributed by atoms with Crippen LogP contribution in [0.5, 0.6) is 5.75 Å². The number of hydrogen-bond acceptors (Lipinski definition) is 6. The first-order chi connectivity index (χ1) is 11.8. The van der Waals surface area contributed by atoms with Crippen LogP contribution in [0.3, 0.4) is 0 Å². The SMILES string of the molecule is CC1(C)OB(c2ccc(OC3CC(n4cnnn4)C3)cc2)OC1(C)C. The van der Waals surface area contributed by atoms with Crippen molar-refractivity contribution in [1.29, 1.82) is 0 Å². The predicted molar refractivity (Wildman–Crippen MR) is 92.7 cm³/mol. The molecule has 2 aliphatic rings. The van der Waals surface area contributed by atoms with Gasteiger partial charge in [-0.25, -0.2) is 4.68 Å². The van der Waals surface area contributed by atoms with E-state index >= 15 is 0 Å². The van der Waals surface area contributed by atoms with Gasteiger partial charge >= 0.3 is 7.12 Å². The molecule has 0 bridgehead atoms. The maximum absolute atomic E-state index is 6.07. The second kappa shape index (κ2) is 5.81. The molecule has 0 radical (unpaired) electrons. The summed E-state index contributed by atoms with van der Waals surface area (Å²) in [6, 6.07) is 8.31. The smallest absolute Gasteiger partial charge is 0.490 e. The maximum Gasteiger partial charge on any atom is 0.494 e. The number of benzene rings is 1. The van der Waals surface area contributed by atoms with Crippen LogP contribution in [0, 0.1) is 0 Å². The summed E-state index contributed by atoms with van der Waals surface area (Å²) < 4.78 is 20.0. The monoisotopic (exact) mass is 342 g/mol. The Hall–Kier alpha value is -1.93. The molecular formula is C17H23BN4O3. The molecule has 2 aromatic rings. The molecule has 7 nitrogen and oxygen atoms in total. The fourth-order valence-electron chi connectivity index (χ4n) is 3.06. The highest BCUT2D eigenvalue weighted by atomic mass is 16.7. The molecule has 1 aliphatic carbocycles. The van der Waals surface area contributed by atoms with Crippen molar-refractivity contribution in [2.24, 2.45) is 0 Å². The highest BCUT2D eigenvalue weighted by molar-refractivity contribution is 6.62. The Morgan fingerprint density at radius 1 is 1.08 bits per heavy atom. The Morgan fingerprint density at radius 3 is 2.28 bits per heavy atom. The minimum Gasteiger partial charge on any atom is -0.490 e. The summed E-state index contributed by atoms with van der Waals surface area (Å²) in [4.78, 5) is 0. The average Bonchev–Trinajstić information content (AvgIpc) is 3.10. The summed E-state index contributed by atoms with van der Waals surface area (Å²) in [5, 5.41) is 11.3. The van der Waals surface area contributed by atoms with Gasteiger partial charge < -0.3 is 14.0 Å². The van der Waals surface area contributed by atoms with E-state index in [2.05, 4.69) is 43.2 Å². The van der Waals surface area contributed by atoms with Crippen LogP contribution >= 0.6 is 0 Å². The molecule has 8 heteroatoms. The molecule has 4 rings (SSSR count). The second-order valence-corrected chi connectivity index (χ2v) is 7.81. The Morgan fingerprint density at radius 2 is 1.72 bits per heavy atom. The van der Waals surface area contributed by atoms with Gasteiger partial charge in [0.25, 0.3) is 0 Å². The molecule has 1 saturated heterocycles. The lowest BCUT2D eigenvalue weighted by Gasteiger charge is -2.34. The van der Waals surface area contributed by atoms with E-state index in [9.17, 15) is 0 Å². The van der Waals surface area contributed by atoms with Crippen molar-refractivity contribution in [3.63, 3.8) is 0 Å². The van der Waals surface area contributed by atoms with E-state index in [0.717, 1.165) is 24.1 Å². The third-order valence-corrected chi connectivity index (χ3v) is 5.52. The van der Waals surface area contributed by atoms with Gasteiger partial charge in [-0.1, -0.05) is 12.1 Å². The number of nitrogens with zero attached hydrogens (tertiary/aromatic N) is 4. The summed E-state index contributed by atoms with van der Waals surface area (Å²) in [7, 11) is -0.341. The van der Waals surface area contributed by atoms with Crippen molar-refractivity contribution in [2.45, 2.75) is 63.9 Å². The number of rotatable bonds is 4. The number of aromatic nitrogens is 4. The normalized spacial score (nSPS) is 27.1. The third-order valence-electron chi connectivity index (χ3n) is 5.52. The largest absolute Gasteiger partial charge is 0.494 e. The molecule has 1 aromatic heterocycles. The Labute approximate surface area is 147 Å². The van der Waals surface area contributed by atoms with Crippen molar-refractivity contribution in [3.05, 3.63) is 30.6 Å². The zero-order chi connectivity index (χ0) is 17.7. The maximum atomic E-state index is 6.07. The molecule has 1 aromatic carbocycles. The summed E-state index contributed by atoms with van der Waals surface area (Å²) in [6.45, 7) is 8.23. The van der Waals surface area contributed by atoms with Crippen LogP contribution in [0.1, 0.15) is 46.6 Å². The molecule has 0 unspecified atom stereocenters. The molecule has 132 valence electrons. The zero-order valence-electron chi connectivity index (χ0n) is 15.0. The Kier molecular flexibility index (Phi) is 3.84. The lowest BCUT2D eigenvalue weighted by molar-refractivity contribution is 0.00578. The van der Waals surface area contributed by atoms with Crippen LogP contribution < -0.4 is 10.2 Å². The molecule has 0 spiro atoms. The first kappa shape index (κ1) is 16.5. The number of tetrazole rings is 1. The van der Waals surface area contributed by atoms with Gasteiger partial charge in [-0.3, -0.25) is 0 Å². The van der Waals surface area contributed by atoms with Gasteiger partial charge in [0.05, 0.1) is 17.2 Å². The van der Waals surface area contributed by atoms with Gasteiger partial charge in [-0.05, 0) is 55.7 Å². The second-order valence-electron chi connectivity index (χ2n) is 7.81. The third kappa shape index (κ3) is 3.04. The summed E-state index contributed by atoms with van der Waals surface area (Å²) in [6.07, 6.45) is 3.70. The summed E-state index contributed by atoms with van der Waals surface area (Å²) in [5.41, 5.74) is 0.347. The van der Waals surface area contributed by atoms with E-state index in [-0.39, 0.29) is 24.4 Å². The van der Waals surface area contributed by atoms with Crippen LogP contribution in [-0.4, -0.2) is 44.6 Å². The lowest BCUT2D eigenvalue weighted by atomic mass is 9.79. The number of hydrogen-bond donors (Lipinski definition) is 0. The Balaban J connectivity index is 1.34. The first-order valence-electron chi connectivity index (χ1n) is 8.69. The molecule has 0 amide bonds. The fraction of sp³-hybridized carbons (Fsp3) is 0.588. The quantitative estimate of drug-likeness (QED) is 0.789. The molecule has 25 heavy (non-hydrogen) atoms. The van der Waals surface area contributed by atoms with E-state index in [4.69, 9.17) is 14.0 Å². The molecule has 0 N–H and O–H groups in total. The minimum absolute atomic E-state index is 0.205. The molecule has 0 atom stereocenters. The van der Waals surface area contributed by atoms with Gasteiger partial charge in [-0.15, -0.1) is 5.10 Å². The fourth-order valence-corrected chi connectivity index (χ4v) is 3.06. The van der Waals surface area contributed by atoms with Gasteiger partial charge in [0.1, 0.15) is 18.2 Å². The average molecular weight is 342 g/mol. The van der Waals surface area contributed by atoms with Crippen molar-refractivity contribution >= 4 is 12.6 Å². The van der Waals surface area contributed by atoms with Gasteiger partial charge in [0.2, 0.25) is 0 Å². The molecule has 2 fully saturated rings. The highest BCUT2D eigenvalue weighted by Gasteiger charge is 2.51. The van der Waals surface area contributed by atoms with Gasteiger partial charge in [0, 0.05) is 12.8 Å². The van der Waals surface area contributed by atoms with E-state index in [0.29, 0.717) is 6.04 Å². The van der Waals surface area contributed by atoms with Crippen LogP contribution in [0.2, 0.25) is 0 Å². The van der Waals surface area contributed by atoms with E-state index in [1.807, 2.05) is 24.3 Å². The van der Waals surface area contributed by atoms with Crippen LogP contribution in [0.25, 0.3) is 0 Å². The minimum atomic E-state index is -0.341. The van der Waals surface area contributed by atoms with Crippen molar-refractivity contribution in [1.82, 2.24) is 20.2 Å². The lowest BCUT2D eigenvalue weighted by Crippen LogP contribution is -2.41. The Bertz CT molecular complexity index is 711. The predicted octanol–water partition coefficient (Wildman–Crippen LogP) is 1.75. The standard InChI is InChI=1S/C17H23BN4O3/c1-16(2)17(3,4)25-18(24-16)12-5-7-14(8-6-12)23-15-9-13(10-15)22-11-19-20-21-22/h5-8,11,13,15H,9-10H2,1-4H3. The van der Waals surface area contributed by atoms with E-state index in [1.54, 1.807) is 11.0 Å². The van der Waals surface area contributed by atoms with E-state index < -0.39 is 0 Å². The molecular weight excluding hydrogens is 319 g/mol. The topological polar surface area (TPSA) is 71.3 Å². The summed E-state index contributed by atoms with van der Waals surface area (Å²) in [5.74, 6) is 0.862. The van der Waals surface area contributed by atoms with Crippen molar-refractivity contribution < 1.29 is 14.0 Å². The molecule has 1 saturated carbocycles. The van der Waals surface area contributed by atoms with Crippen LogP contribution in [0.4, 0.5) is 0 Å². The van der Waals surface area contributed by atoms with Crippen LogP contribution in [-0.2, 0) is 9.31 Å². The number of ether oxygens (including phenoxy) is 1. The molecule has 1 aliphatic heterocycles. The first-order valence-corrected chi connectivity index (χ1v) is 8.69. The molecule has 2 heterocycles.